The fraction of sp³-hybridized carbons (Fsp3) is 0.214. The second-order valence-corrected chi connectivity index (χ2v) is 8.54. The molecular weight excluding hydrogens is 400 g/mol. The second-order valence-electron chi connectivity index (χ2n) is 8.54. The molecule has 0 fully saturated rings. The highest BCUT2D eigenvalue weighted by Crippen LogP contribution is 2.25. The Hall–Kier alpha value is -3.66. The quantitative estimate of drug-likeness (QED) is 0.331. The summed E-state index contributed by atoms with van der Waals surface area (Å²) in [4.78, 5) is 24.7. The summed E-state index contributed by atoms with van der Waals surface area (Å²) in [5.74, 6) is 0.308. The molecule has 0 atom stereocenters. The fourth-order valence-electron chi connectivity index (χ4n) is 3.22. The summed E-state index contributed by atoms with van der Waals surface area (Å²) in [6.07, 6.45) is 1.81. The molecule has 0 aromatic heterocycles. The second kappa shape index (κ2) is 10.1. The number of carbonyl (C=O) groups is 2. The first-order chi connectivity index (χ1) is 15.3. The Bertz CT molecular complexity index is 1090. The Labute approximate surface area is 189 Å². The molecule has 0 spiro atoms. The average molecular weight is 429 g/mol. The molecule has 3 rings (SSSR count). The highest BCUT2D eigenvalue weighted by atomic mass is 16.5. The Kier molecular flexibility index (Phi) is 7.26. The lowest BCUT2D eigenvalue weighted by molar-refractivity contribution is -0.122. The molecular formula is C28H28O4. The van der Waals surface area contributed by atoms with Gasteiger partial charge >= 0.3 is 5.97 Å². The van der Waals surface area contributed by atoms with E-state index < -0.39 is 11.4 Å². The minimum absolute atomic E-state index is 0.00968. The molecule has 4 heteroatoms. The Morgan fingerprint density at radius 2 is 1.41 bits per heavy atom. The molecule has 0 aliphatic carbocycles. The Morgan fingerprint density at radius 3 is 1.97 bits per heavy atom. The normalized spacial score (nSPS) is 11.7. The summed E-state index contributed by atoms with van der Waals surface area (Å²) < 4.78 is 10.7. The van der Waals surface area contributed by atoms with Crippen LogP contribution in [0.25, 0.3) is 17.2 Å². The van der Waals surface area contributed by atoms with Gasteiger partial charge in [-0.25, -0.2) is 4.79 Å². The summed E-state index contributed by atoms with van der Waals surface area (Å²) >= 11 is 0. The maximum Gasteiger partial charge on any atom is 0.337 e. The van der Waals surface area contributed by atoms with E-state index in [9.17, 15) is 9.59 Å². The van der Waals surface area contributed by atoms with Crippen molar-refractivity contribution in [1.29, 1.82) is 0 Å². The number of rotatable bonds is 7. The first kappa shape index (κ1) is 23.0. The Morgan fingerprint density at radius 1 is 0.812 bits per heavy atom. The van der Waals surface area contributed by atoms with Crippen LogP contribution in [0.2, 0.25) is 0 Å². The van der Waals surface area contributed by atoms with Gasteiger partial charge < -0.3 is 9.47 Å². The third-order valence-corrected chi connectivity index (χ3v) is 5.00. The van der Waals surface area contributed by atoms with Crippen LogP contribution in [0.3, 0.4) is 0 Å². The molecule has 0 heterocycles. The molecule has 0 bridgehead atoms. The number of carbonyl (C=O) groups excluding carboxylic acids is 2. The van der Waals surface area contributed by atoms with Crippen molar-refractivity contribution in [2.24, 2.45) is 5.41 Å². The van der Waals surface area contributed by atoms with Crippen LogP contribution < -0.4 is 4.74 Å². The van der Waals surface area contributed by atoms with Crippen LogP contribution in [0.5, 0.6) is 5.75 Å². The van der Waals surface area contributed by atoms with E-state index in [0.29, 0.717) is 16.9 Å². The van der Waals surface area contributed by atoms with E-state index in [1.807, 2.05) is 69.3 Å². The molecule has 0 saturated carbocycles. The molecule has 0 unspecified atom stereocenters. The number of hydrogen-bond donors (Lipinski definition) is 0. The summed E-state index contributed by atoms with van der Waals surface area (Å²) in [5.41, 5.74) is 3.54. The lowest BCUT2D eigenvalue weighted by Gasteiger charge is -2.19. The maximum absolute atomic E-state index is 13.0. The van der Waals surface area contributed by atoms with Crippen molar-refractivity contribution in [1.82, 2.24) is 0 Å². The monoisotopic (exact) mass is 428 g/mol. The standard InChI is InChI=1S/C28H28O4/c1-28(2,3)26(29)24(18-20-10-12-23(13-11-20)27(30)31-4)19-32-25-16-14-22(15-17-25)21-8-6-5-7-9-21/h5-18H,19H2,1-4H3. The van der Waals surface area contributed by atoms with E-state index in [-0.39, 0.29) is 12.4 Å². The van der Waals surface area contributed by atoms with E-state index in [4.69, 9.17) is 9.47 Å². The van der Waals surface area contributed by atoms with Crippen LogP contribution in [-0.4, -0.2) is 25.5 Å². The molecule has 32 heavy (non-hydrogen) atoms. The van der Waals surface area contributed by atoms with Gasteiger partial charge in [0.15, 0.2) is 5.78 Å². The van der Waals surface area contributed by atoms with Crippen molar-refractivity contribution in [3.63, 3.8) is 0 Å². The van der Waals surface area contributed by atoms with Gasteiger partial charge in [-0.1, -0.05) is 75.4 Å². The SMILES string of the molecule is COC(=O)c1ccc(C=C(COc2ccc(-c3ccccc3)cc2)C(=O)C(C)(C)C)cc1. The summed E-state index contributed by atoms with van der Waals surface area (Å²) in [6, 6.07) is 24.9. The molecule has 3 aromatic rings. The minimum atomic E-state index is -0.543. The number of esters is 1. The maximum atomic E-state index is 13.0. The van der Waals surface area contributed by atoms with Gasteiger partial charge in [0.2, 0.25) is 0 Å². The van der Waals surface area contributed by atoms with Crippen molar-refractivity contribution < 1.29 is 19.1 Å². The zero-order valence-electron chi connectivity index (χ0n) is 18.9. The van der Waals surface area contributed by atoms with Crippen molar-refractivity contribution in [2.45, 2.75) is 20.8 Å². The van der Waals surface area contributed by atoms with E-state index >= 15 is 0 Å². The van der Waals surface area contributed by atoms with Gasteiger partial charge in [-0.05, 0) is 47.0 Å². The zero-order chi connectivity index (χ0) is 23.1. The van der Waals surface area contributed by atoms with E-state index in [2.05, 4.69) is 12.1 Å². The van der Waals surface area contributed by atoms with E-state index in [0.717, 1.165) is 16.7 Å². The number of hydrogen-bond acceptors (Lipinski definition) is 4. The highest BCUT2D eigenvalue weighted by Gasteiger charge is 2.25. The summed E-state index contributed by atoms with van der Waals surface area (Å²) in [7, 11) is 1.35. The predicted molar refractivity (Wildman–Crippen MR) is 128 cm³/mol. The van der Waals surface area contributed by atoms with E-state index in [1.165, 1.54) is 7.11 Å². The van der Waals surface area contributed by atoms with Crippen LogP contribution >= 0.6 is 0 Å². The molecule has 0 aliphatic heterocycles. The molecule has 0 radical (unpaired) electrons. The average Bonchev–Trinajstić information content (AvgIpc) is 2.81. The van der Waals surface area contributed by atoms with Crippen LogP contribution in [0.15, 0.2) is 84.4 Å². The van der Waals surface area contributed by atoms with Gasteiger partial charge in [-0.3, -0.25) is 4.79 Å². The first-order valence-electron chi connectivity index (χ1n) is 10.5. The van der Waals surface area contributed by atoms with Crippen molar-refractivity contribution in [2.75, 3.05) is 13.7 Å². The molecule has 3 aromatic carbocycles. The Balaban J connectivity index is 1.78. The smallest absolute Gasteiger partial charge is 0.337 e. The number of ether oxygens (including phenoxy) is 2. The third kappa shape index (κ3) is 5.94. The van der Waals surface area contributed by atoms with Crippen molar-refractivity contribution >= 4 is 17.8 Å². The highest BCUT2D eigenvalue weighted by molar-refractivity contribution is 6.03. The third-order valence-electron chi connectivity index (χ3n) is 5.00. The number of methoxy groups -OCH3 is 1. The lowest BCUT2D eigenvalue weighted by Crippen LogP contribution is -2.25. The number of Topliss-reactive ketones (excluding diaryl/α,β-unsaturated/α-hetero) is 1. The van der Waals surface area contributed by atoms with Gasteiger partial charge in [0.05, 0.1) is 12.7 Å². The van der Waals surface area contributed by atoms with Crippen LogP contribution in [0, 0.1) is 5.41 Å². The lowest BCUT2D eigenvalue weighted by atomic mass is 9.86. The topological polar surface area (TPSA) is 52.6 Å². The summed E-state index contributed by atoms with van der Waals surface area (Å²) in [5, 5.41) is 0. The van der Waals surface area contributed by atoms with Gasteiger partial charge in [-0.2, -0.15) is 0 Å². The molecule has 0 saturated heterocycles. The molecule has 164 valence electrons. The minimum Gasteiger partial charge on any atom is -0.489 e. The van der Waals surface area contributed by atoms with Crippen LogP contribution in [0.1, 0.15) is 36.7 Å². The molecule has 0 aliphatic rings. The van der Waals surface area contributed by atoms with Gasteiger partial charge in [0, 0.05) is 11.0 Å². The number of benzene rings is 3. The van der Waals surface area contributed by atoms with E-state index in [1.54, 1.807) is 24.3 Å². The van der Waals surface area contributed by atoms with Gasteiger partial charge in [-0.15, -0.1) is 0 Å². The fourth-order valence-corrected chi connectivity index (χ4v) is 3.22. The predicted octanol–water partition coefficient (Wildman–Crippen LogP) is 6.22. The molecule has 0 amide bonds. The first-order valence-corrected chi connectivity index (χ1v) is 10.5. The van der Waals surface area contributed by atoms with Gasteiger partial charge in [0.25, 0.3) is 0 Å². The van der Waals surface area contributed by atoms with Crippen LogP contribution in [-0.2, 0) is 9.53 Å². The number of ketones is 1. The van der Waals surface area contributed by atoms with Crippen LogP contribution in [0.4, 0.5) is 0 Å². The van der Waals surface area contributed by atoms with Crippen molar-refractivity contribution in [3.8, 4) is 16.9 Å². The molecule has 4 nitrogen and oxygen atoms in total. The van der Waals surface area contributed by atoms with Gasteiger partial charge in [0.1, 0.15) is 12.4 Å². The molecule has 0 N–H and O–H groups in total. The van der Waals surface area contributed by atoms with Crippen molar-refractivity contribution in [3.05, 3.63) is 95.6 Å². The zero-order valence-corrected chi connectivity index (χ0v) is 18.9. The largest absolute Gasteiger partial charge is 0.489 e. The summed E-state index contributed by atoms with van der Waals surface area (Å²) in [6.45, 7) is 5.81.